The van der Waals surface area contributed by atoms with Gasteiger partial charge in [0.15, 0.2) is 0 Å². The first-order chi connectivity index (χ1) is 11.7. The van der Waals surface area contributed by atoms with Crippen molar-refractivity contribution in [3.05, 3.63) is 53.6 Å². The molecule has 1 aromatic heterocycles. The average molecular weight is 353 g/mol. The normalized spacial score (nSPS) is 12.5. The number of rotatable bonds is 5. The van der Waals surface area contributed by atoms with Crippen molar-refractivity contribution in [1.29, 1.82) is 0 Å². The highest BCUT2D eigenvalue weighted by Crippen LogP contribution is 2.25. The number of carboxylic acids is 1. The molecule has 0 saturated heterocycles. The van der Waals surface area contributed by atoms with Gasteiger partial charge >= 0.3 is 12.1 Å². The van der Waals surface area contributed by atoms with Gasteiger partial charge in [-0.15, -0.1) is 0 Å². The Labute approximate surface area is 140 Å². The number of halogens is 3. The predicted molar refractivity (Wildman–Crippen MR) is 81.9 cm³/mol. The first kappa shape index (κ1) is 18.4. The van der Waals surface area contributed by atoms with Crippen molar-refractivity contribution in [2.24, 2.45) is 5.92 Å². The first-order valence-corrected chi connectivity index (χ1v) is 7.19. The Morgan fingerprint density at radius 2 is 1.72 bits per heavy atom. The van der Waals surface area contributed by atoms with Gasteiger partial charge in [0.05, 0.1) is 11.5 Å². The standard InChI is InChI=1S/C16H14F3N3O3/c1-9(14(24)25)6-10-2-4-12(5-3-10)22-13(23)11-7-20-15(21-8-11)16(17,18)19/h2-5,7-9H,6H2,1H3,(H,22,23)(H,24,25). The van der Waals surface area contributed by atoms with E-state index in [4.69, 9.17) is 5.11 Å². The monoisotopic (exact) mass is 353 g/mol. The zero-order chi connectivity index (χ0) is 18.6. The number of benzene rings is 1. The van der Waals surface area contributed by atoms with E-state index in [-0.39, 0.29) is 5.56 Å². The third kappa shape index (κ3) is 5.00. The van der Waals surface area contributed by atoms with Gasteiger partial charge < -0.3 is 10.4 Å². The molecule has 2 N–H and O–H groups in total. The lowest BCUT2D eigenvalue weighted by Gasteiger charge is -2.09. The molecule has 1 amide bonds. The fourth-order valence-corrected chi connectivity index (χ4v) is 1.96. The Kier molecular flexibility index (Phi) is 5.35. The minimum absolute atomic E-state index is 0.114. The van der Waals surface area contributed by atoms with E-state index in [1.807, 2.05) is 0 Å². The zero-order valence-corrected chi connectivity index (χ0v) is 13.0. The molecule has 9 heteroatoms. The summed E-state index contributed by atoms with van der Waals surface area (Å²) in [6, 6.07) is 6.48. The van der Waals surface area contributed by atoms with Crippen molar-refractivity contribution in [1.82, 2.24) is 9.97 Å². The SMILES string of the molecule is CC(Cc1ccc(NC(=O)c2cnc(C(F)(F)F)nc2)cc1)C(=O)O. The molecule has 0 saturated carbocycles. The van der Waals surface area contributed by atoms with Gasteiger partial charge in [0.25, 0.3) is 5.91 Å². The third-order valence-corrected chi connectivity index (χ3v) is 3.34. The van der Waals surface area contributed by atoms with Crippen molar-refractivity contribution in [3.63, 3.8) is 0 Å². The van der Waals surface area contributed by atoms with Gasteiger partial charge in [-0.1, -0.05) is 19.1 Å². The summed E-state index contributed by atoms with van der Waals surface area (Å²) in [7, 11) is 0. The van der Waals surface area contributed by atoms with Crippen LogP contribution in [-0.2, 0) is 17.4 Å². The molecule has 0 aliphatic heterocycles. The summed E-state index contributed by atoms with van der Waals surface area (Å²) < 4.78 is 37.1. The minimum Gasteiger partial charge on any atom is -0.481 e. The molecule has 1 unspecified atom stereocenters. The summed E-state index contributed by atoms with van der Waals surface area (Å²) in [6.45, 7) is 1.59. The Morgan fingerprint density at radius 1 is 1.16 bits per heavy atom. The van der Waals surface area contributed by atoms with Crippen molar-refractivity contribution >= 4 is 17.6 Å². The molecular formula is C16H14F3N3O3. The molecule has 2 aromatic rings. The molecule has 1 heterocycles. The second-order valence-electron chi connectivity index (χ2n) is 5.39. The summed E-state index contributed by atoms with van der Waals surface area (Å²) >= 11 is 0. The van der Waals surface area contributed by atoms with Crippen LogP contribution in [0.1, 0.15) is 28.7 Å². The molecule has 0 aliphatic carbocycles. The zero-order valence-electron chi connectivity index (χ0n) is 13.0. The number of alkyl halides is 3. The highest BCUT2D eigenvalue weighted by molar-refractivity contribution is 6.03. The van der Waals surface area contributed by atoms with Gasteiger partial charge in [0.2, 0.25) is 5.82 Å². The molecule has 0 fully saturated rings. The van der Waals surface area contributed by atoms with Crippen molar-refractivity contribution in [2.45, 2.75) is 19.5 Å². The summed E-state index contributed by atoms with van der Waals surface area (Å²) in [5.41, 5.74) is 1.08. The van der Waals surface area contributed by atoms with Crippen LogP contribution < -0.4 is 5.32 Å². The second kappa shape index (κ2) is 7.29. The van der Waals surface area contributed by atoms with Crippen LogP contribution in [0, 0.1) is 5.92 Å². The maximum Gasteiger partial charge on any atom is 0.451 e. The van der Waals surface area contributed by atoms with E-state index >= 15 is 0 Å². The van der Waals surface area contributed by atoms with Crippen LogP contribution in [-0.4, -0.2) is 27.0 Å². The van der Waals surface area contributed by atoms with Gasteiger partial charge in [-0.3, -0.25) is 9.59 Å². The topological polar surface area (TPSA) is 92.2 Å². The number of amides is 1. The van der Waals surface area contributed by atoms with Crippen molar-refractivity contribution in [3.8, 4) is 0 Å². The summed E-state index contributed by atoms with van der Waals surface area (Å²) in [4.78, 5) is 29.0. The van der Waals surface area contributed by atoms with Crippen LogP contribution >= 0.6 is 0 Å². The lowest BCUT2D eigenvalue weighted by Crippen LogP contribution is -2.16. The predicted octanol–water partition coefficient (Wildman–Crippen LogP) is 3.01. The fourth-order valence-electron chi connectivity index (χ4n) is 1.96. The first-order valence-electron chi connectivity index (χ1n) is 7.19. The highest BCUT2D eigenvalue weighted by atomic mass is 19.4. The minimum atomic E-state index is -4.67. The lowest BCUT2D eigenvalue weighted by molar-refractivity contribution is -0.145. The number of aliphatic carboxylic acids is 1. The number of hydrogen-bond donors (Lipinski definition) is 2. The number of nitrogens with zero attached hydrogens (tertiary/aromatic N) is 2. The van der Waals surface area contributed by atoms with Gasteiger partial charge in [-0.25, -0.2) is 9.97 Å². The molecule has 0 spiro atoms. The van der Waals surface area contributed by atoms with Crippen molar-refractivity contribution < 1.29 is 27.9 Å². The molecule has 25 heavy (non-hydrogen) atoms. The van der Waals surface area contributed by atoms with Crippen LogP contribution in [0.5, 0.6) is 0 Å². The third-order valence-electron chi connectivity index (χ3n) is 3.34. The van der Waals surface area contributed by atoms with E-state index in [2.05, 4.69) is 15.3 Å². The van der Waals surface area contributed by atoms with E-state index in [9.17, 15) is 22.8 Å². The van der Waals surface area contributed by atoms with Crippen LogP contribution in [0.15, 0.2) is 36.7 Å². The van der Waals surface area contributed by atoms with Gasteiger partial charge in [0.1, 0.15) is 0 Å². The largest absolute Gasteiger partial charge is 0.481 e. The molecule has 132 valence electrons. The Balaban J connectivity index is 2.02. The van der Waals surface area contributed by atoms with E-state index < -0.39 is 29.8 Å². The van der Waals surface area contributed by atoms with Crippen molar-refractivity contribution in [2.75, 3.05) is 5.32 Å². The fraction of sp³-hybridized carbons (Fsp3) is 0.250. The van der Waals surface area contributed by atoms with Crippen LogP contribution in [0.4, 0.5) is 18.9 Å². The lowest BCUT2D eigenvalue weighted by atomic mass is 10.0. The number of aromatic nitrogens is 2. The van der Waals surface area contributed by atoms with Crippen LogP contribution in [0.3, 0.4) is 0 Å². The highest BCUT2D eigenvalue weighted by Gasteiger charge is 2.34. The Hall–Kier alpha value is -2.97. The van der Waals surface area contributed by atoms with Gasteiger partial charge in [0, 0.05) is 18.1 Å². The number of nitrogens with one attached hydrogen (secondary N) is 1. The summed E-state index contributed by atoms with van der Waals surface area (Å²) in [5.74, 6) is -3.41. The molecule has 0 bridgehead atoms. The maximum absolute atomic E-state index is 12.4. The molecule has 0 radical (unpaired) electrons. The number of hydrogen-bond acceptors (Lipinski definition) is 4. The summed E-state index contributed by atoms with van der Waals surface area (Å²) in [5, 5.41) is 11.4. The maximum atomic E-state index is 12.4. The smallest absolute Gasteiger partial charge is 0.451 e. The molecule has 1 atom stereocenters. The molecule has 1 aromatic carbocycles. The Morgan fingerprint density at radius 3 is 2.20 bits per heavy atom. The molecule has 6 nitrogen and oxygen atoms in total. The molecule has 0 aliphatic rings. The van der Waals surface area contributed by atoms with Crippen LogP contribution in [0.2, 0.25) is 0 Å². The van der Waals surface area contributed by atoms with E-state index in [1.165, 1.54) is 0 Å². The Bertz CT molecular complexity index is 759. The second-order valence-corrected chi connectivity index (χ2v) is 5.39. The average Bonchev–Trinajstić information content (AvgIpc) is 2.55. The number of anilines is 1. The summed E-state index contributed by atoms with van der Waals surface area (Å²) in [6.07, 6.45) is -2.73. The number of carbonyl (C=O) groups is 2. The number of carbonyl (C=O) groups excluding carboxylic acids is 1. The van der Waals surface area contributed by atoms with Crippen LogP contribution in [0.25, 0.3) is 0 Å². The quantitative estimate of drug-likeness (QED) is 0.862. The molecular weight excluding hydrogens is 339 g/mol. The van der Waals surface area contributed by atoms with Gasteiger partial charge in [-0.05, 0) is 24.1 Å². The molecule has 2 rings (SSSR count). The van der Waals surface area contributed by atoms with E-state index in [0.717, 1.165) is 18.0 Å². The number of carboxylic acid groups (broad SMARTS) is 1. The van der Waals surface area contributed by atoms with E-state index in [1.54, 1.807) is 31.2 Å². The van der Waals surface area contributed by atoms with E-state index in [0.29, 0.717) is 12.1 Å². The van der Waals surface area contributed by atoms with Gasteiger partial charge in [-0.2, -0.15) is 13.2 Å².